The molecular formula is C67H130O17P2. The van der Waals surface area contributed by atoms with Gasteiger partial charge in [0.1, 0.15) is 19.3 Å². The zero-order valence-corrected chi connectivity index (χ0v) is 57.2. The summed E-state index contributed by atoms with van der Waals surface area (Å²) >= 11 is 0. The maximum Gasteiger partial charge on any atom is 0.472 e. The lowest BCUT2D eigenvalue weighted by Crippen LogP contribution is -2.30. The van der Waals surface area contributed by atoms with E-state index in [1.165, 1.54) is 161 Å². The molecule has 6 atom stereocenters. The summed E-state index contributed by atoms with van der Waals surface area (Å²) < 4.78 is 68.1. The number of carbonyl (C=O) groups excluding carboxylic acids is 4. The van der Waals surface area contributed by atoms with E-state index in [0.717, 1.165) is 102 Å². The minimum Gasteiger partial charge on any atom is -0.462 e. The average Bonchev–Trinajstić information content (AvgIpc) is 3.63. The molecule has 0 aromatic heterocycles. The molecule has 19 heteroatoms. The molecule has 0 bridgehead atoms. The number of phosphoric acid groups is 2. The Labute approximate surface area is 524 Å². The monoisotopic (exact) mass is 1270 g/mol. The quantitative estimate of drug-likeness (QED) is 0.0222. The number of aliphatic hydroxyl groups is 1. The molecule has 3 unspecified atom stereocenters. The number of rotatable bonds is 67. The van der Waals surface area contributed by atoms with E-state index in [0.29, 0.717) is 25.7 Å². The van der Waals surface area contributed by atoms with Crippen LogP contribution in [0.1, 0.15) is 343 Å². The summed E-state index contributed by atoms with van der Waals surface area (Å²) in [6.45, 7) is 7.21. The van der Waals surface area contributed by atoms with Crippen molar-refractivity contribution in [3.05, 3.63) is 0 Å². The standard InChI is InChI=1S/C67H130O17P2/c1-6-10-13-16-19-22-23-24-25-26-27-33-38-43-48-53-67(72)84-63(57-78-65(70)51-46-41-36-32-29-28-31-34-39-44-49-60(5)9-4)59-82-86(75,76)80-55-61(68)54-79-85(73,74)81-58-62(56-77-64(69)50-45-40-35-21-18-15-12-8-3)83-66(71)52-47-42-37-30-20-17-14-11-7-2/h60-63,68H,6-59H2,1-5H3,(H,73,74)(H,75,76)/t60?,61-,62+,63+/m0/s1. The minimum absolute atomic E-state index is 0.106. The normalized spacial score (nSPS) is 14.5. The van der Waals surface area contributed by atoms with Gasteiger partial charge in [0.2, 0.25) is 0 Å². The van der Waals surface area contributed by atoms with Crippen molar-refractivity contribution in [3.8, 4) is 0 Å². The summed E-state index contributed by atoms with van der Waals surface area (Å²) in [6.07, 6.45) is 45.7. The average molecular weight is 1270 g/mol. The van der Waals surface area contributed by atoms with Crippen LogP contribution in [0.15, 0.2) is 0 Å². The molecule has 86 heavy (non-hydrogen) atoms. The number of hydrogen-bond acceptors (Lipinski definition) is 15. The van der Waals surface area contributed by atoms with Gasteiger partial charge in [0.15, 0.2) is 12.2 Å². The molecular weight excluding hydrogens is 1140 g/mol. The Morgan fingerprint density at radius 1 is 0.326 bits per heavy atom. The van der Waals surface area contributed by atoms with E-state index in [9.17, 15) is 43.2 Å². The molecule has 0 radical (unpaired) electrons. The molecule has 0 aromatic rings. The van der Waals surface area contributed by atoms with Crippen molar-refractivity contribution in [1.29, 1.82) is 0 Å². The highest BCUT2D eigenvalue weighted by Gasteiger charge is 2.30. The SMILES string of the molecule is CCCCCCCCCCCCCCCCCC(=O)O[C@H](COC(=O)CCCCCCCCCCCCC(C)CC)COP(=O)(O)OC[C@@H](O)COP(=O)(O)OC[C@@H](COC(=O)CCCCCCCCCC)OC(=O)CCCCCCCCCCC. The Hall–Kier alpha value is -1.94. The highest BCUT2D eigenvalue weighted by atomic mass is 31.2. The maximum absolute atomic E-state index is 13.0. The second-order valence-corrected chi connectivity index (χ2v) is 27.4. The van der Waals surface area contributed by atoms with E-state index >= 15 is 0 Å². The van der Waals surface area contributed by atoms with E-state index in [1.807, 2.05) is 0 Å². The molecule has 0 heterocycles. The van der Waals surface area contributed by atoms with Crippen molar-refractivity contribution in [1.82, 2.24) is 0 Å². The van der Waals surface area contributed by atoms with Gasteiger partial charge in [0.25, 0.3) is 0 Å². The van der Waals surface area contributed by atoms with Gasteiger partial charge in [-0.1, -0.05) is 291 Å². The van der Waals surface area contributed by atoms with Crippen LogP contribution in [-0.2, 0) is 65.4 Å². The highest BCUT2D eigenvalue weighted by Crippen LogP contribution is 2.45. The Balaban J connectivity index is 5.21. The van der Waals surface area contributed by atoms with Crippen molar-refractivity contribution in [3.63, 3.8) is 0 Å². The summed E-state index contributed by atoms with van der Waals surface area (Å²) in [6, 6.07) is 0. The molecule has 17 nitrogen and oxygen atoms in total. The molecule has 0 aliphatic carbocycles. The smallest absolute Gasteiger partial charge is 0.462 e. The van der Waals surface area contributed by atoms with E-state index in [-0.39, 0.29) is 25.7 Å². The van der Waals surface area contributed by atoms with Crippen molar-refractivity contribution < 1.29 is 80.2 Å². The van der Waals surface area contributed by atoms with Crippen molar-refractivity contribution in [2.24, 2.45) is 5.92 Å². The van der Waals surface area contributed by atoms with Crippen LogP contribution in [0.25, 0.3) is 0 Å². The fourth-order valence-corrected chi connectivity index (χ4v) is 11.7. The van der Waals surface area contributed by atoms with Crippen molar-refractivity contribution >= 4 is 39.5 Å². The largest absolute Gasteiger partial charge is 0.472 e. The second kappa shape index (κ2) is 60.6. The van der Waals surface area contributed by atoms with E-state index < -0.39 is 97.5 Å². The molecule has 0 saturated carbocycles. The van der Waals surface area contributed by atoms with Crippen molar-refractivity contribution in [2.75, 3.05) is 39.6 Å². The predicted molar refractivity (Wildman–Crippen MR) is 345 cm³/mol. The number of phosphoric ester groups is 2. The van der Waals surface area contributed by atoms with Gasteiger partial charge in [0.05, 0.1) is 26.4 Å². The van der Waals surface area contributed by atoms with E-state index in [4.69, 9.17) is 37.0 Å². The summed E-state index contributed by atoms with van der Waals surface area (Å²) in [5.74, 6) is -1.32. The molecule has 0 aliphatic rings. The summed E-state index contributed by atoms with van der Waals surface area (Å²) in [7, 11) is -9.89. The summed E-state index contributed by atoms with van der Waals surface area (Å²) in [4.78, 5) is 72.3. The third-order valence-corrected chi connectivity index (χ3v) is 17.8. The van der Waals surface area contributed by atoms with Gasteiger partial charge in [-0.2, -0.15) is 0 Å². The van der Waals surface area contributed by atoms with Crippen LogP contribution in [-0.4, -0.2) is 96.7 Å². The number of unbranched alkanes of at least 4 members (excludes halogenated alkanes) is 38. The fourth-order valence-electron chi connectivity index (χ4n) is 10.1. The first-order valence-corrected chi connectivity index (χ1v) is 38.2. The first-order valence-electron chi connectivity index (χ1n) is 35.2. The first-order chi connectivity index (χ1) is 41.6. The van der Waals surface area contributed by atoms with E-state index in [1.54, 1.807) is 0 Å². The minimum atomic E-state index is -4.95. The highest BCUT2D eigenvalue weighted by molar-refractivity contribution is 7.47. The summed E-state index contributed by atoms with van der Waals surface area (Å²) in [5, 5.41) is 10.5. The van der Waals surface area contributed by atoms with Crippen LogP contribution in [0.4, 0.5) is 0 Å². The van der Waals surface area contributed by atoms with Crippen LogP contribution < -0.4 is 0 Å². The molecule has 510 valence electrons. The topological polar surface area (TPSA) is 237 Å². The van der Waals surface area contributed by atoms with Crippen molar-refractivity contribution in [2.45, 2.75) is 361 Å². The zero-order valence-electron chi connectivity index (χ0n) is 55.4. The number of aliphatic hydroxyl groups excluding tert-OH is 1. The number of ether oxygens (including phenoxy) is 4. The molecule has 0 aliphatic heterocycles. The maximum atomic E-state index is 13.0. The number of carbonyl (C=O) groups is 4. The molecule has 0 saturated heterocycles. The van der Waals surface area contributed by atoms with Gasteiger partial charge in [-0.25, -0.2) is 9.13 Å². The lowest BCUT2D eigenvalue weighted by atomic mass is 9.99. The number of esters is 4. The Kier molecular flexibility index (Phi) is 59.2. The predicted octanol–water partition coefficient (Wildman–Crippen LogP) is 19.0. The van der Waals surface area contributed by atoms with Gasteiger partial charge >= 0.3 is 39.5 Å². The van der Waals surface area contributed by atoms with Gasteiger partial charge < -0.3 is 33.8 Å². The fraction of sp³-hybridized carbons (Fsp3) is 0.940. The van der Waals surface area contributed by atoms with Gasteiger partial charge in [-0.15, -0.1) is 0 Å². The lowest BCUT2D eigenvalue weighted by molar-refractivity contribution is -0.161. The molecule has 0 amide bonds. The second-order valence-electron chi connectivity index (χ2n) is 24.5. The number of hydrogen-bond donors (Lipinski definition) is 3. The Morgan fingerprint density at radius 3 is 0.826 bits per heavy atom. The molecule has 3 N–H and O–H groups in total. The summed E-state index contributed by atoms with van der Waals surface area (Å²) in [5.41, 5.74) is 0. The molecule has 0 rings (SSSR count). The zero-order chi connectivity index (χ0) is 63.5. The van der Waals surface area contributed by atoms with Gasteiger partial charge in [-0.05, 0) is 31.6 Å². The van der Waals surface area contributed by atoms with Crippen LogP contribution in [0.3, 0.4) is 0 Å². The molecule has 0 spiro atoms. The Bertz CT molecular complexity index is 1670. The third-order valence-electron chi connectivity index (χ3n) is 15.9. The van der Waals surface area contributed by atoms with Crippen LogP contribution >= 0.6 is 15.6 Å². The molecule has 0 aromatic carbocycles. The Morgan fingerprint density at radius 2 is 0.558 bits per heavy atom. The first kappa shape index (κ1) is 84.1. The molecule has 0 fully saturated rings. The van der Waals surface area contributed by atoms with Crippen LogP contribution in [0.2, 0.25) is 0 Å². The lowest BCUT2D eigenvalue weighted by Gasteiger charge is -2.21. The van der Waals surface area contributed by atoms with Crippen LogP contribution in [0, 0.1) is 5.92 Å². The third kappa shape index (κ3) is 59.7. The van der Waals surface area contributed by atoms with Gasteiger partial charge in [0, 0.05) is 25.7 Å². The van der Waals surface area contributed by atoms with Crippen LogP contribution in [0.5, 0.6) is 0 Å². The van der Waals surface area contributed by atoms with Gasteiger partial charge in [-0.3, -0.25) is 37.3 Å². The van der Waals surface area contributed by atoms with E-state index in [2.05, 4.69) is 34.6 Å².